The van der Waals surface area contributed by atoms with Gasteiger partial charge in [-0.05, 0) is 45.7 Å². The van der Waals surface area contributed by atoms with E-state index in [4.69, 9.17) is 9.15 Å². The summed E-state index contributed by atoms with van der Waals surface area (Å²) in [6.07, 6.45) is 3.47. The Morgan fingerprint density at radius 1 is 1.45 bits per heavy atom. The maximum Gasteiger partial charge on any atom is 0.246 e. The van der Waals surface area contributed by atoms with Crippen molar-refractivity contribution in [2.45, 2.75) is 57.2 Å². The Hall–Kier alpha value is -2.17. The number of furan rings is 1. The lowest BCUT2D eigenvalue weighted by molar-refractivity contribution is -0.124. The molecule has 0 aromatic carbocycles. The van der Waals surface area contributed by atoms with Crippen LogP contribution in [0, 0.1) is 13.8 Å². The summed E-state index contributed by atoms with van der Waals surface area (Å²) in [4.78, 5) is 12.7. The maximum atomic E-state index is 13.1. The van der Waals surface area contributed by atoms with Crippen LogP contribution >= 0.6 is 0 Å². The molecule has 0 saturated carbocycles. The van der Waals surface area contributed by atoms with Crippen molar-refractivity contribution in [2.75, 3.05) is 20.2 Å². The number of carbonyl (C=O) groups excluding carboxylic acids is 1. The minimum Gasteiger partial charge on any atom is -0.468 e. The van der Waals surface area contributed by atoms with Gasteiger partial charge in [-0.3, -0.25) is 9.48 Å². The molecule has 0 radical (unpaired) electrons. The number of aryl methyl sites for hydroxylation is 1. The molecule has 2 aromatic heterocycles. The van der Waals surface area contributed by atoms with E-state index in [0.717, 1.165) is 19.4 Å². The Bertz CT molecular complexity index is 946. The summed E-state index contributed by atoms with van der Waals surface area (Å²) in [5.41, 5.74) is 0.779. The van der Waals surface area contributed by atoms with E-state index in [0.29, 0.717) is 23.7 Å². The van der Waals surface area contributed by atoms with E-state index in [2.05, 4.69) is 10.4 Å². The second-order valence-electron chi connectivity index (χ2n) is 7.34. The fourth-order valence-corrected chi connectivity index (χ4v) is 5.03. The van der Waals surface area contributed by atoms with Crippen LogP contribution < -0.4 is 5.32 Å². The number of nitrogens with zero attached hydrogens (tertiary/aromatic N) is 3. The summed E-state index contributed by atoms with van der Waals surface area (Å²) in [7, 11) is -2.31. The van der Waals surface area contributed by atoms with Crippen molar-refractivity contribution in [3.05, 3.63) is 35.5 Å². The molecule has 0 bridgehead atoms. The smallest absolute Gasteiger partial charge is 0.246 e. The predicted molar refractivity (Wildman–Crippen MR) is 106 cm³/mol. The van der Waals surface area contributed by atoms with Gasteiger partial charge in [0.25, 0.3) is 0 Å². The first-order valence-corrected chi connectivity index (χ1v) is 11.1. The van der Waals surface area contributed by atoms with E-state index < -0.39 is 16.1 Å². The molecule has 3 heterocycles. The molecule has 1 aliphatic heterocycles. The normalized spacial score (nSPS) is 18.3. The van der Waals surface area contributed by atoms with E-state index in [-0.39, 0.29) is 23.5 Å². The van der Waals surface area contributed by atoms with Crippen LogP contribution in [0.5, 0.6) is 0 Å². The van der Waals surface area contributed by atoms with Crippen LogP contribution in [-0.2, 0) is 26.1 Å². The zero-order chi connectivity index (χ0) is 21.2. The second-order valence-corrected chi connectivity index (χ2v) is 9.32. The summed E-state index contributed by atoms with van der Waals surface area (Å²) in [5, 5.41) is 7.22. The van der Waals surface area contributed by atoms with Gasteiger partial charge in [-0.25, -0.2) is 8.42 Å². The van der Waals surface area contributed by atoms with Crippen molar-refractivity contribution in [3.8, 4) is 0 Å². The first-order valence-electron chi connectivity index (χ1n) is 9.65. The number of aromatic nitrogens is 2. The summed E-state index contributed by atoms with van der Waals surface area (Å²) in [6, 6.07) is 2.78. The second kappa shape index (κ2) is 8.68. The lowest BCUT2D eigenvalue weighted by Gasteiger charge is -2.18. The first-order chi connectivity index (χ1) is 13.7. The topological polar surface area (TPSA) is 107 Å². The summed E-state index contributed by atoms with van der Waals surface area (Å²) in [6.45, 7) is 6.27. The van der Waals surface area contributed by atoms with Crippen LogP contribution in [-0.4, -0.2) is 54.7 Å². The molecule has 0 unspecified atom stereocenters. The predicted octanol–water partition coefficient (Wildman–Crippen LogP) is 1.77. The number of amides is 1. The maximum absolute atomic E-state index is 13.1. The lowest BCUT2D eigenvalue weighted by Crippen LogP contribution is -2.37. The lowest BCUT2D eigenvalue weighted by atomic mass is 10.2. The Morgan fingerprint density at radius 2 is 2.21 bits per heavy atom. The molecular weight excluding hydrogens is 396 g/mol. The Balaban J connectivity index is 1.76. The Morgan fingerprint density at radius 3 is 2.83 bits per heavy atom. The van der Waals surface area contributed by atoms with Crippen molar-refractivity contribution < 1.29 is 22.4 Å². The average Bonchev–Trinajstić information content (AvgIpc) is 3.41. The Labute approximate surface area is 171 Å². The standard InChI is InChI=1S/C19H28N4O5S/c1-13-18(29(25,26)22(4)12-17-8-6-10-28-17)14(2)23(21-13)15(3)19(24)20-11-16-7-5-9-27-16/h6,8,10,15-16H,5,7,9,11-12H2,1-4H3,(H,20,24)/t15-,16+/m0/s1. The van der Waals surface area contributed by atoms with Crippen LogP contribution in [0.25, 0.3) is 0 Å². The van der Waals surface area contributed by atoms with Crippen molar-refractivity contribution in [1.82, 2.24) is 19.4 Å². The molecule has 2 atom stereocenters. The van der Waals surface area contributed by atoms with Gasteiger partial charge in [0.05, 0.1) is 30.3 Å². The molecule has 0 aliphatic carbocycles. The molecule has 1 aliphatic rings. The van der Waals surface area contributed by atoms with E-state index in [1.807, 2.05) is 0 Å². The summed E-state index contributed by atoms with van der Waals surface area (Å²) >= 11 is 0. The first kappa shape index (κ1) is 21.5. The van der Waals surface area contributed by atoms with Gasteiger partial charge in [0.15, 0.2) is 0 Å². The molecule has 160 valence electrons. The highest BCUT2D eigenvalue weighted by molar-refractivity contribution is 7.89. The quantitative estimate of drug-likeness (QED) is 0.692. The van der Waals surface area contributed by atoms with Crippen molar-refractivity contribution >= 4 is 15.9 Å². The minimum atomic E-state index is -3.80. The number of nitrogens with one attached hydrogen (secondary N) is 1. The molecule has 29 heavy (non-hydrogen) atoms. The molecule has 1 saturated heterocycles. The fourth-order valence-electron chi connectivity index (χ4n) is 3.54. The summed E-state index contributed by atoms with van der Waals surface area (Å²) < 4.78 is 39.7. The monoisotopic (exact) mass is 424 g/mol. The van der Waals surface area contributed by atoms with Gasteiger partial charge in [0, 0.05) is 20.2 Å². The molecule has 1 N–H and O–H groups in total. The molecule has 0 spiro atoms. The molecule has 2 aromatic rings. The third kappa shape index (κ3) is 4.54. The van der Waals surface area contributed by atoms with Crippen molar-refractivity contribution in [1.29, 1.82) is 0 Å². The molecular formula is C19H28N4O5S. The number of hydrogen-bond acceptors (Lipinski definition) is 6. The van der Waals surface area contributed by atoms with E-state index in [9.17, 15) is 13.2 Å². The van der Waals surface area contributed by atoms with Gasteiger partial charge in [-0.15, -0.1) is 0 Å². The molecule has 10 heteroatoms. The zero-order valence-corrected chi connectivity index (χ0v) is 18.0. The van der Waals surface area contributed by atoms with E-state index in [1.165, 1.54) is 22.3 Å². The van der Waals surface area contributed by atoms with Crippen LogP contribution in [0.2, 0.25) is 0 Å². The molecule has 9 nitrogen and oxygen atoms in total. The minimum absolute atomic E-state index is 0.0396. The average molecular weight is 425 g/mol. The van der Waals surface area contributed by atoms with E-state index >= 15 is 0 Å². The molecule has 3 rings (SSSR count). The van der Waals surface area contributed by atoms with Gasteiger partial charge in [0.1, 0.15) is 16.7 Å². The highest BCUT2D eigenvalue weighted by Gasteiger charge is 2.31. The van der Waals surface area contributed by atoms with Gasteiger partial charge in [-0.2, -0.15) is 9.40 Å². The number of rotatable bonds is 8. The number of carbonyl (C=O) groups is 1. The third-order valence-corrected chi connectivity index (χ3v) is 7.22. The van der Waals surface area contributed by atoms with E-state index in [1.54, 1.807) is 32.9 Å². The Kier molecular flexibility index (Phi) is 6.45. The highest BCUT2D eigenvalue weighted by atomic mass is 32.2. The molecule has 1 amide bonds. The third-order valence-electron chi connectivity index (χ3n) is 5.16. The van der Waals surface area contributed by atoms with Crippen molar-refractivity contribution in [3.63, 3.8) is 0 Å². The van der Waals surface area contributed by atoms with Crippen LogP contribution in [0.1, 0.15) is 43.0 Å². The van der Waals surface area contributed by atoms with Gasteiger partial charge in [0.2, 0.25) is 15.9 Å². The highest BCUT2D eigenvalue weighted by Crippen LogP contribution is 2.26. The van der Waals surface area contributed by atoms with Crippen LogP contribution in [0.3, 0.4) is 0 Å². The number of ether oxygens (including phenoxy) is 1. The zero-order valence-electron chi connectivity index (χ0n) is 17.2. The van der Waals surface area contributed by atoms with Crippen molar-refractivity contribution in [2.24, 2.45) is 0 Å². The SMILES string of the molecule is Cc1nn([C@@H](C)C(=O)NC[C@H]2CCCO2)c(C)c1S(=O)(=O)N(C)Cc1ccco1. The number of hydrogen-bond donors (Lipinski definition) is 1. The molecule has 1 fully saturated rings. The van der Waals surface area contributed by atoms with Gasteiger partial charge < -0.3 is 14.5 Å². The van der Waals surface area contributed by atoms with Crippen LogP contribution in [0.15, 0.2) is 27.7 Å². The van der Waals surface area contributed by atoms with Gasteiger partial charge >= 0.3 is 0 Å². The number of sulfonamides is 1. The van der Waals surface area contributed by atoms with Crippen LogP contribution in [0.4, 0.5) is 0 Å². The van der Waals surface area contributed by atoms with Gasteiger partial charge in [-0.1, -0.05) is 0 Å². The summed E-state index contributed by atoms with van der Waals surface area (Å²) in [5.74, 6) is 0.319. The largest absolute Gasteiger partial charge is 0.468 e. The fraction of sp³-hybridized carbons (Fsp3) is 0.579.